The predicted molar refractivity (Wildman–Crippen MR) is 55.0 cm³/mol. The molecule has 0 aromatic rings. The van der Waals surface area contributed by atoms with Crippen LogP contribution in [0.1, 0.15) is 20.8 Å². The van der Waals surface area contributed by atoms with Gasteiger partial charge in [0.15, 0.2) is 0 Å². The van der Waals surface area contributed by atoms with E-state index in [0.717, 1.165) is 4.90 Å². The molecule has 0 saturated carbocycles. The van der Waals surface area contributed by atoms with Crippen molar-refractivity contribution in [1.29, 1.82) is 0 Å². The van der Waals surface area contributed by atoms with Crippen molar-refractivity contribution in [3.8, 4) is 0 Å². The lowest BCUT2D eigenvalue weighted by Gasteiger charge is -2.23. The van der Waals surface area contributed by atoms with Crippen LogP contribution in [0.25, 0.3) is 0 Å². The third kappa shape index (κ3) is 2.77. The summed E-state index contributed by atoms with van der Waals surface area (Å²) < 4.78 is 5.04. The maximum Gasteiger partial charge on any atom is 0.417 e. The Balaban J connectivity index is 2.61. The van der Waals surface area contributed by atoms with Crippen LogP contribution >= 0.6 is 12.6 Å². The molecule has 1 aliphatic heterocycles. The van der Waals surface area contributed by atoms with Gasteiger partial charge in [0.2, 0.25) is 0 Å². The Bertz CT molecular complexity index is 304. The molecule has 0 spiro atoms. The number of thiol groups is 1. The van der Waals surface area contributed by atoms with Crippen LogP contribution in [0, 0.1) is 0 Å². The number of hydrogen-bond donors (Lipinski definition) is 1. The zero-order valence-corrected chi connectivity index (χ0v) is 9.30. The van der Waals surface area contributed by atoms with Crippen LogP contribution in [0.4, 0.5) is 4.79 Å². The molecule has 0 saturated heterocycles. The Hall–Kier alpha value is -0.970. The fourth-order valence-corrected chi connectivity index (χ4v) is 1.23. The lowest BCUT2D eigenvalue weighted by atomic mass is 10.2. The van der Waals surface area contributed by atoms with E-state index in [-0.39, 0.29) is 12.5 Å². The summed E-state index contributed by atoms with van der Waals surface area (Å²) in [5.74, 6) is -0.371. The van der Waals surface area contributed by atoms with E-state index in [1.54, 1.807) is 20.8 Å². The molecular formula is C9H13NO3S. The van der Waals surface area contributed by atoms with E-state index in [1.165, 1.54) is 6.08 Å². The first kappa shape index (κ1) is 11.1. The highest BCUT2D eigenvalue weighted by Crippen LogP contribution is 2.17. The van der Waals surface area contributed by atoms with Crippen LogP contribution < -0.4 is 0 Å². The van der Waals surface area contributed by atoms with Gasteiger partial charge < -0.3 is 4.74 Å². The van der Waals surface area contributed by atoms with Crippen molar-refractivity contribution >= 4 is 24.6 Å². The standard InChI is InChI=1S/C9H13NO3S/c1-9(2,3)13-8(12)10-5-6(14)4-7(10)11/h4,14H,5H2,1-3H3. The number of rotatable bonds is 0. The van der Waals surface area contributed by atoms with Crippen LogP contribution in [-0.2, 0) is 9.53 Å². The van der Waals surface area contributed by atoms with Crippen molar-refractivity contribution in [2.45, 2.75) is 26.4 Å². The molecule has 14 heavy (non-hydrogen) atoms. The van der Waals surface area contributed by atoms with Gasteiger partial charge in [0.05, 0.1) is 6.54 Å². The Kier molecular flexibility index (Phi) is 2.89. The van der Waals surface area contributed by atoms with E-state index in [4.69, 9.17) is 4.74 Å². The average Bonchev–Trinajstić information content (AvgIpc) is 2.26. The predicted octanol–water partition coefficient (Wildman–Crippen LogP) is 1.58. The van der Waals surface area contributed by atoms with Gasteiger partial charge in [-0.15, -0.1) is 12.6 Å². The van der Waals surface area contributed by atoms with Crippen molar-refractivity contribution < 1.29 is 14.3 Å². The quantitative estimate of drug-likeness (QED) is 0.624. The first-order valence-corrected chi connectivity index (χ1v) is 4.68. The smallest absolute Gasteiger partial charge is 0.417 e. The molecule has 0 aromatic heterocycles. The maximum atomic E-state index is 11.4. The number of carbonyl (C=O) groups is 2. The summed E-state index contributed by atoms with van der Waals surface area (Å²) in [6.07, 6.45) is 0.690. The largest absolute Gasteiger partial charge is 0.443 e. The van der Waals surface area contributed by atoms with E-state index in [9.17, 15) is 9.59 Å². The van der Waals surface area contributed by atoms with Gasteiger partial charge in [0, 0.05) is 11.0 Å². The molecule has 0 bridgehead atoms. The first-order valence-electron chi connectivity index (χ1n) is 4.23. The molecule has 0 fully saturated rings. The molecule has 4 nitrogen and oxygen atoms in total. The molecule has 0 N–H and O–H groups in total. The van der Waals surface area contributed by atoms with E-state index < -0.39 is 11.7 Å². The van der Waals surface area contributed by atoms with Crippen LogP contribution in [0.5, 0.6) is 0 Å². The van der Waals surface area contributed by atoms with Crippen LogP contribution in [0.2, 0.25) is 0 Å². The third-order valence-electron chi connectivity index (χ3n) is 1.49. The number of imide groups is 1. The maximum absolute atomic E-state index is 11.4. The summed E-state index contributed by atoms with van der Waals surface area (Å²) >= 11 is 4.01. The first-order chi connectivity index (χ1) is 6.29. The van der Waals surface area contributed by atoms with Gasteiger partial charge in [-0.1, -0.05) is 0 Å². The molecule has 1 heterocycles. The number of carbonyl (C=O) groups excluding carboxylic acids is 2. The van der Waals surface area contributed by atoms with E-state index in [2.05, 4.69) is 12.6 Å². The van der Waals surface area contributed by atoms with Crippen LogP contribution in [0.3, 0.4) is 0 Å². The fraction of sp³-hybridized carbons (Fsp3) is 0.556. The summed E-state index contributed by atoms with van der Waals surface area (Å²) in [5, 5.41) is 0. The Morgan fingerprint density at radius 3 is 2.50 bits per heavy atom. The molecule has 0 aliphatic carbocycles. The lowest BCUT2D eigenvalue weighted by molar-refractivity contribution is -0.123. The molecule has 1 rings (SSSR count). The number of hydrogen-bond acceptors (Lipinski definition) is 4. The Labute approximate surface area is 88.3 Å². The molecule has 0 atom stereocenters. The summed E-state index contributed by atoms with van der Waals surface area (Å²) in [7, 11) is 0. The normalized spacial score (nSPS) is 17.0. The minimum atomic E-state index is -0.622. The van der Waals surface area contributed by atoms with Crippen molar-refractivity contribution in [2.75, 3.05) is 6.54 Å². The second-order valence-electron chi connectivity index (χ2n) is 4.04. The van der Waals surface area contributed by atoms with Crippen molar-refractivity contribution in [2.24, 2.45) is 0 Å². The highest BCUT2D eigenvalue weighted by molar-refractivity contribution is 7.84. The van der Waals surface area contributed by atoms with Crippen LogP contribution in [0.15, 0.2) is 11.0 Å². The molecule has 2 amide bonds. The molecule has 0 radical (unpaired) electrons. The van der Waals surface area contributed by atoms with Gasteiger partial charge in [-0.25, -0.2) is 9.69 Å². The van der Waals surface area contributed by atoms with Gasteiger partial charge in [0.25, 0.3) is 5.91 Å². The Morgan fingerprint density at radius 1 is 1.57 bits per heavy atom. The Morgan fingerprint density at radius 2 is 2.14 bits per heavy atom. The van der Waals surface area contributed by atoms with E-state index in [0.29, 0.717) is 4.91 Å². The van der Waals surface area contributed by atoms with Gasteiger partial charge >= 0.3 is 6.09 Å². The van der Waals surface area contributed by atoms with Crippen molar-refractivity contribution in [1.82, 2.24) is 4.90 Å². The molecule has 0 aromatic carbocycles. The highest BCUT2D eigenvalue weighted by atomic mass is 32.1. The van der Waals surface area contributed by atoms with Crippen molar-refractivity contribution in [3.05, 3.63) is 11.0 Å². The minimum absolute atomic E-state index is 0.205. The summed E-state index contributed by atoms with van der Waals surface area (Å²) in [6, 6.07) is 0. The van der Waals surface area contributed by atoms with Gasteiger partial charge in [0.1, 0.15) is 5.60 Å². The second kappa shape index (κ2) is 3.65. The summed E-state index contributed by atoms with van der Waals surface area (Å²) in [6.45, 7) is 5.46. The van der Waals surface area contributed by atoms with Gasteiger partial charge in [-0.2, -0.15) is 0 Å². The van der Waals surface area contributed by atoms with Crippen LogP contribution in [-0.4, -0.2) is 29.0 Å². The summed E-state index contributed by atoms with van der Waals surface area (Å²) in [5.41, 5.74) is -0.587. The van der Waals surface area contributed by atoms with Gasteiger partial charge in [-0.3, -0.25) is 4.79 Å². The number of ether oxygens (including phenoxy) is 1. The third-order valence-corrected chi connectivity index (χ3v) is 1.76. The van der Waals surface area contributed by atoms with Crippen molar-refractivity contribution in [3.63, 3.8) is 0 Å². The lowest BCUT2D eigenvalue weighted by Crippen LogP contribution is -2.38. The van der Waals surface area contributed by atoms with E-state index >= 15 is 0 Å². The summed E-state index contributed by atoms with van der Waals surface area (Å²) in [4.78, 5) is 24.2. The average molecular weight is 215 g/mol. The highest BCUT2D eigenvalue weighted by Gasteiger charge is 2.29. The zero-order valence-electron chi connectivity index (χ0n) is 8.40. The zero-order chi connectivity index (χ0) is 10.9. The SMILES string of the molecule is CC(C)(C)OC(=O)N1CC(S)=CC1=O. The number of nitrogens with zero attached hydrogens (tertiary/aromatic N) is 1. The number of amides is 2. The monoisotopic (exact) mass is 215 g/mol. The molecule has 78 valence electrons. The topological polar surface area (TPSA) is 46.6 Å². The molecular weight excluding hydrogens is 202 g/mol. The second-order valence-corrected chi connectivity index (χ2v) is 4.61. The van der Waals surface area contributed by atoms with E-state index in [1.807, 2.05) is 0 Å². The molecule has 1 aliphatic rings. The van der Waals surface area contributed by atoms with Gasteiger partial charge in [-0.05, 0) is 20.8 Å². The minimum Gasteiger partial charge on any atom is -0.443 e. The fourth-order valence-electron chi connectivity index (χ4n) is 0.978. The molecule has 0 unspecified atom stereocenters. The molecule has 5 heteroatoms.